The van der Waals surface area contributed by atoms with Crippen molar-refractivity contribution in [2.24, 2.45) is 0 Å². The third-order valence-corrected chi connectivity index (χ3v) is 15.3. The van der Waals surface area contributed by atoms with Crippen molar-refractivity contribution >= 4 is 65.4 Å². The molecule has 7 heterocycles. The van der Waals surface area contributed by atoms with Gasteiger partial charge in [0.2, 0.25) is 0 Å². The van der Waals surface area contributed by atoms with Gasteiger partial charge in [-0.25, -0.2) is 0 Å². The molecule has 0 saturated heterocycles. The molecule has 1 spiro atoms. The van der Waals surface area contributed by atoms with Gasteiger partial charge in [-0.15, -0.1) is 0 Å². The summed E-state index contributed by atoms with van der Waals surface area (Å²) in [6, 6.07) is 74.2. The summed E-state index contributed by atoms with van der Waals surface area (Å²) in [5.41, 5.74) is 17.3. The van der Waals surface area contributed by atoms with Crippen molar-refractivity contribution in [1.82, 2.24) is 28.7 Å². The van der Waals surface area contributed by atoms with Gasteiger partial charge in [0.05, 0.1) is 67.5 Å². The summed E-state index contributed by atoms with van der Waals surface area (Å²) in [5, 5.41) is 7.19. The van der Waals surface area contributed by atoms with Gasteiger partial charge in [-0.1, -0.05) is 127 Å². The van der Waals surface area contributed by atoms with Gasteiger partial charge in [0.25, 0.3) is 0 Å². The Morgan fingerprint density at radius 3 is 1.58 bits per heavy atom. The van der Waals surface area contributed by atoms with Gasteiger partial charge < -0.3 is 18.4 Å². The van der Waals surface area contributed by atoms with Crippen molar-refractivity contribution < 1.29 is 4.74 Å². The van der Waals surface area contributed by atoms with E-state index in [0.29, 0.717) is 0 Å². The second-order valence-electron chi connectivity index (χ2n) is 18.7. The number of hydrogen-bond donors (Lipinski definition) is 0. The van der Waals surface area contributed by atoms with Crippen LogP contribution in [-0.2, 0) is 5.41 Å². The fourth-order valence-electron chi connectivity index (χ4n) is 12.4. The van der Waals surface area contributed by atoms with Crippen LogP contribution in [0, 0.1) is 0 Å². The van der Waals surface area contributed by atoms with Crippen molar-refractivity contribution in [1.29, 1.82) is 0 Å². The Morgan fingerprint density at radius 2 is 0.887 bits per heavy atom. The summed E-state index contributed by atoms with van der Waals surface area (Å²) in [6.07, 6.45) is 7.81. The Labute approximate surface area is 406 Å². The summed E-state index contributed by atoms with van der Waals surface area (Å²) in [6.45, 7) is 0. The lowest BCUT2D eigenvalue weighted by atomic mass is 9.66. The molecular formula is C64H38N6O. The normalized spacial score (nSPS) is 14.6. The molecule has 16 rings (SSSR count). The number of fused-ring (bicyclic) bond motifs is 18. The first-order chi connectivity index (χ1) is 35.2. The van der Waals surface area contributed by atoms with E-state index in [1.807, 2.05) is 24.8 Å². The lowest BCUT2D eigenvalue weighted by Crippen LogP contribution is -2.32. The highest BCUT2D eigenvalue weighted by Gasteiger charge is 2.52. The van der Waals surface area contributed by atoms with Crippen LogP contribution in [0.4, 0.5) is 0 Å². The SMILES string of the molecule is c1ccc2c(c1)Oc1cc(-n3c4ccccc4c4ccccc43)ccc1C21c2cccnc2-c2ncc(-c3ccc4c(c3)c3ccccc3n4-c3cnccc3-n3c4ccccc4c4ccccc43)cc21. The van der Waals surface area contributed by atoms with E-state index in [0.717, 1.165) is 117 Å². The highest BCUT2D eigenvalue weighted by Crippen LogP contribution is 2.62. The van der Waals surface area contributed by atoms with Crippen molar-refractivity contribution in [2.75, 3.05) is 0 Å². The Morgan fingerprint density at radius 1 is 0.338 bits per heavy atom. The van der Waals surface area contributed by atoms with Crippen molar-refractivity contribution in [2.45, 2.75) is 5.41 Å². The molecular weight excluding hydrogens is 869 g/mol. The molecule has 14 aromatic rings. The number of ether oxygens (including phenoxy) is 1. The zero-order valence-corrected chi connectivity index (χ0v) is 38.0. The van der Waals surface area contributed by atoms with Crippen molar-refractivity contribution in [3.8, 4) is 51.1 Å². The molecule has 0 saturated carbocycles. The molecule has 1 aliphatic heterocycles. The van der Waals surface area contributed by atoms with Crippen LogP contribution in [0.3, 0.4) is 0 Å². The molecule has 0 radical (unpaired) electrons. The number of hydrogen-bond acceptors (Lipinski definition) is 4. The van der Waals surface area contributed by atoms with Crippen LogP contribution in [0.15, 0.2) is 231 Å². The number of para-hydroxylation sites is 6. The van der Waals surface area contributed by atoms with E-state index in [1.54, 1.807) is 0 Å². The molecule has 0 bridgehead atoms. The van der Waals surface area contributed by atoms with Gasteiger partial charge in [0.1, 0.15) is 11.5 Å². The Kier molecular flexibility index (Phi) is 7.69. The standard InChI is InChI=1S/C64H38N6O/c1-7-21-52-42(14-1)43-15-2-8-22-53(43)68(52)41-28-29-49-61(36-41)71-60-26-12-6-19-48(60)64(49)50-20-13-32-66-62(50)63-51(64)35-40(37-67-63)39-27-30-57-47(34-39)46-18-5-11-25-56(46)70(57)59-38-65-33-31-58(59)69-54-23-9-3-16-44(54)45-17-4-10-24-55(45)69/h1-38H. The van der Waals surface area contributed by atoms with E-state index in [1.165, 1.54) is 21.5 Å². The summed E-state index contributed by atoms with van der Waals surface area (Å²) in [7, 11) is 0. The van der Waals surface area contributed by atoms with E-state index in [4.69, 9.17) is 19.7 Å². The van der Waals surface area contributed by atoms with Crippen LogP contribution in [0.25, 0.3) is 105 Å². The lowest BCUT2D eigenvalue weighted by Gasteiger charge is -2.39. The minimum absolute atomic E-state index is 0.755. The molecule has 71 heavy (non-hydrogen) atoms. The molecule has 8 aromatic carbocycles. The predicted octanol–water partition coefficient (Wildman–Crippen LogP) is 15.3. The molecule has 330 valence electrons. The Hall–Kier alpha value is -9.59. The lowest BCUT2D eigenvalue weighted by molar-refractivity contribution is 0.436. The number of benzene rings is 8. The van der Waals surface area contributed by atoms with Crippen LogP contribution < -0.4 is 4.74 Å². The smallest absolute Gasteiger partial charge is 0.134 e. The van der Waals surface area contributed by atoms with E-state index >= 15 is 0 Å². The fourth-order valence-corrected chi connectivity index (χ4v) is 12.4. The molecule has 1 aliphatic carbocycles. The number of rotatable bonds is 4. The maximum atomic E-state index is 7.01. The van der Waals surface area contributed by atoms with Crippen molar-refractivity contribution in [3.63, 3.8) is 0 Å². The summed E-state index contributed by atoms with van der Waals surface area (Å²) in [5.74, 6) is 1.62. The maximum Gasteiger partial charge on any atom is 0.134 e. The monoisotopic (exact) mass is 906 g/mol. The topological polar surface area (TPSA) is 62.7 Å². The minimum Gasteiger partial charge on any atom is -0.457 e. The maximum absolute atomic E-state index is 7.01. The first-order valence-electron chi connectivity index (χ1n) is 24.1. The third kappa shape index (κ3) is 5.08. The minimum atomic E-state index is -0.755. The molecule has 0 amide bonds. The average molecular weight is 907 g/mol. The van der Waals surface area contributed by atoms with Gasteiger partial charge in [-0.05, 0) is 83.9 Å². The van der Waals surface area contributed by atoms with E-state index in [-0.39, 0.29) is 0 Å². The average Bonchev–Trinajstić information content (AvgIpc) is 4.15. The van der Waals surface area contributed by atoms with Gasteiger partial charge in [0.15, 0.2) is 0 Å². The first-order valence-corrected chi connectivity index (χ1v) is 24.1. The van der Waals surface area contributed by atoms with Gasteiger partial charge in [0, 0.05) is 84.9 Å². The summed E-state index contributed by atoms with van der Waals surface area (Å²) in [4.78, 5) is 15.2. The number of aromatic nitrogens is 6. The molecule has 1 unspecified atom stereocenters. The van der Waals surface area contributed by atoms with Crippen molar-refractivity contribution in [3.05, 3.63) is 253 Å². The molecule has 0 N–H and O–H groups in total. The Bertz CT molecular complexity index is 4490. The molecule has 7 heteroatoms. The van der Waals surface area contributed by atoms with Crippen LogP contribution in [0.1, 0.15) is 22.3 Å². The predicted molar refractivity (Wildman–Crippen MR) is 286 cm³/mol. The Balaban J connectivity index is 0.897. The number of pyridine rings is 3. The zero-order valence-electron chi connectivity index (χ0n) is 38.0. The van der Waals surface area contributed by atoms with Gasteiger partial charge in [-0.3, -0.25) is 15.0 Å². The number of nitrogens with zero attached hydrogens (tertiary/aromatic N) is 6. The molecule has 1 atom stereocenters. The van der Waals surface area contributed by atoms with E-state index in [9.17, 15) is 0 Å². The van der Waals surface area contributed by atoms with Crippen LogP contribution in [0.5, 0.6) is 11.5 Å². The van der Waals surface area contributed by atoms with Crippen LogP contribution >= 0.6 is 0 Å². The highest BCUT2D eigenvalue weighted by molar-refractivity contribution is 6.13. The van der Waals surface area contributed by atoms with Gasteiger partial charge >= 0.3 is 0 Å². The molecule has 2 aliphatic rings. The largest absolute Gasteiger partial charge is 0.457 e. The van der Waals surface area contributed by atoms with Crippen LogP contribution in [-0.4, -0.2) is 28.7 Å². The molecule has 0 fully saturated rings. The fraction of sp³-hybridized carbons (Fsp3) is 0.0156. The quantitative estimate of drug-likeness (QED) is 0.176. The molecule has 6 aromatic heterocycles. The van der Waals surface area contributed by atoms with E-state index < -0.39 is 5.41 Å². The third-order valence-electron chi connectivity index (χ3n) is 15.3. The van der Waals surface area contributed by atoms with Gasteiger partial charge in [-0.2, -0.15) is 0 Å². The second kappa shape index (κ2) is 14.2. The second-order valence-corrected chi connectivity index (χ2v) is 18.7. The van der Waals surface area contributed by atoms with Crippen LogP contribution in [0.2, 0.25) is 0 Å². The first kappa shape index (κ1) is 38.4. The summed E-state index contributed by atoms with van der Waals surface area (Å²) >= 11 is 0. The summed E-state index contributed by atoms with van der Waals surface area (Å²) < 4.78 is 14.1. The van der Waals surface area contributed by atoms with E-state index in [2.05, 4.69) is 220 Å². The highest BCUT2D eigenvalue weighted by atomic mass is 16.5. The molecule has 7 nitrogen and oxygen atoms in total. The zero-order chi connectivity index (χ0) is 46.4.